The lowest BCUT2D eigenvalue weighted by molar-refractivity contribution is -0.105. The van der Waals surface area contributed by atoms with Crippen molar-refractivity contribution >= 4 is 12.2 Å². The average Bonchev–Trinajstić information content (AvgIpc) is 3.21. The van der Waals surface area contributed by atoms with Crippen LogP contribution in [0.1, 0.15) is 51.3 Å². The standard InChI is InChI=1S/C15H18N4O.C4H8/c1-15(2)5-3-11-12(8-15)18-19-14(11)10-4-6-16-13(7-10)17-9-20;1-4-2-3-4/h4,6-7,9H,3,5,8H2,1-2H3,(H,18,19)(H,16,17,20);4H,2-3H2,1H3. The van der Waals surface area contributed by atoms with Gasteiger partial charge in [-0.25, -0.2) is 4.98 Å². The predicted octanol–water partition coefficient (Wildman–Crippen LogP) is 3.97. The molecule has 5 heteroatoms. The van der Waals surface area contributed by atoms with Gasteiger partial charge in [0.05, 0.1) is 5.69 Å². The van der Waals surface area contributed by atoms with Gasteiger partial charge >= 0.3 is 0 Å². The molecule has 2 heterocycles. The molecular formula is C19H26N4O. The van der Waals surface area contributed by atoms with Gasteiger partial charge in [0.1, 0.15) is 5.82 Å². The van der Waals surface area contributed by atoms with E-state index in [1.54, 1.807) is 6.20 Å². The first-order chi connectivity index (χ1) is 11.5. The van der Waals surface area contributed by atoms with Crippen molar-refractivity contribution in [2.24, 2.45) is 11.3 Å². The number of aromatic nitrogens is 3. The van der Waals surface area contributed by atoms with Crippen molar-refractivity contribution in [3.63, 3.8) is 0 Å². The van der Waals surface area contributed by atoms with Gasteiger partial charge in [-0.3, -0.25) is 9.89 Å². The molecular weight excluding hydrogens is 300 g/mol. The number of aromatic amines is 1. The first-order valence-electron chi connectivity index (χ1n) is 8.71. The number of anilines is 1. The summed E-state index contributed by atoms with van der Waals surface area (Å²) in [4.78, 5) is 14.6. The average molecular weight is 326 g/mol. The summed E-state index contributed by atoms with van der Waals surface area (Å²) in [5.41, 5.74) is 4.83. The summed E-state index contributed by atoms with van der Waals surface area (Å²) in [6.07, 6.45) is 8.52. The van der Waals surface area contributed by atoms with Crippen LogP contribution in [-0.2, 0) is 17.6 Å². The highest BCUT2D eigenvalue weighted by atomic mass is 16.1. The lowest BCUT2D eigenvalue weighted by Gasteiger charge is -2.29. The number of nitrogens with one attached hydrogen (secondary N) is 2. The van der Waals surface area contributed by atoms with Crippen molar-refractivity contribution in [1.29, 1.82) is 0 Å². The summed E-state index contributed by atoms with van der Waals surface area (Å²) in [6, 6.07) is 3.77. The minimum absolute atomic E-state index is 0.333. The van der Waals surface area contributed by atoms with Crippen molar-refractivity contribution in [1.82, 2.24) is 15.2 Å². The van der Waals surface area contributed by atoms with Crippen LogP contribution in [0.5, 0.6) is 0 Å². The van der Waals surface area contributed by atoms with E-state index in [9.17, 15) is 4.79 Å². The molecule has 0 spiro atoms. The zero-order valence-corrected chi connectivity index (χ0v) is 14.7. The Morgan fingerprint density at radius 2 is 2.12 bits per heavy atom. The van der Waals surface area contributed by atoms with Crippen LogP contribution in [0, 0.1) is 11.3 Å². The maximum Gasteiger partial charge on any atom is 0.212 e. The molecule has 0 saturated heterocycles. The molecule has 5 nitrogen and oxygen atoms in total. The predicted molar refractivity (Wildman–Crippen MR) is 95.7 cm³/mol. The molecule has 1 fully saturated rings. The SMILES string of the molecule is CC1(C)CCc2c(-c3ccnc(NC=O)c3)n[nH]c2C1.CC1CC1. The largest absolute Gasteiger partial charge is 0.313 e. The lowest BCUT2D eigenvalue weighted by atomic mass is 9.76. The van der Waals surface area contributed by atoms with Gasteiger partial charge in [0.2, 0.25) is 6.41 Å². The van der Waals surface area contributed by atoms with Crippen LogP contribution in [0.25, 0.3) is 11.3 Å². The maximum atomic E-state index is 10.5. The Labute approximate surface area is 143 Å². The number of carbonyl (C=O) groups excluding carboxylic acids is 1. The van der Waals surface area contributed by atoms with E-state index in [-0.39, 0.29) is 0 Å². The second-order valence-electron chi connectivity index (χ2n) is 7.74. The number of hydrogen-bond donors (Lipinski definition) is 2. The van der Waals surface area contributed by atoms with Crippen LogP contribution < -0.4 is 5.32 Å². The third-order valence-electron chi connectivity index (χ3n) is 4.77. The van der Waals surface area contributed by atoms with Gasteiger partial charge in [0, 0.05) is 23.0 Å². The minimum Gasteiger partial charge on any atom is -0.313 e. The number of carbonyl (C=O) groups is 1. The molecule has 0 radical (unpaired) electrons. The first kappa shape index (κ1) is 16.7. The van der Waals surface area contributed by atoms with Crippen molar-refractivity contribution in [2.75, 3.05) is 5.32 Å². The molecule has 2 aromatic rings. The number of fused-ring (bicyclic) bond motifs is 1. The summed E-state index contributed by atoms with van der Waals surface area (Å²) >= 11 is 0. The monoisotopic (exact) mass is 326 g/mol. The van der Waals surface area contributed by atoms with Crippen molar-refractivity contribution in [2.45, 2.75) is 52.9 Å². The summed E-state index contributed by atoms with van der Waals surface area (Å²) in [5.74, 6) is 1.63. The fourth-order valence-corrected chi connectivity index (χ4v) is 2.97. The fraction of sp³-hybridized carbons (Fsp3) is 0.526. The van der Waals surface area contributed by atoms with Gasteiger partial charge in [0.25, 0.3) is 0 Å². The molecule has 128 valence electrons. The quantitative estimate of drug-likeness (QED) is 0.838. The molecule has 0 bridgehead atoms. The topological polar surface area (TPSA) is 70.7 Å². The van der Waals surface area contributed by atoms with E-state index < -0.39 is 0 Å². The van der Waals surface area contributed by atoms with Crippen LogP contribution in [-0.4, -0.2) is 21.6 Å². The molecule has 1 amide bonds. The molecule has 0 aliphatic heterocycles. The molecule has 2 aliphatic carbocycles. The van der Waals surface area contributed by atoms with Crippen LogP contribution >= 0.6 is 0 Å². The molecule has 2 N–H and O–H groups in total. The summed E-state index contributed by atoms with van der Waals surface area (Å²) < 4.78 is 0. The third kappa shape index (κ3) is 4.02. The van der Waals surface area contributed by atoms with Crippen LogP contribution in [0.15, 0.2) is 18.3 Å². The van der Waals surface area contributed by atoms with Gasteiger partial charge in [-0.1, -0.05) is 33.6 Å². The van der Waals surface area contributed by atoms with Gasteiger partial charge in [0.15, 0.2) is 0 Å². The van der Waals surface area contributed by atoms with Crippen molar-refractivity contribution in [3.8, 4) is 11.3 Å². The normalized spacial score (nSPS) is 18.1. The van der Waals surface area contributed by atoms with E-state index in [1.807, 2.05) is 12.1 Å². The Hall–Kier alpha value is -2.17. The second kappa shape index (κ2) is 6.75. The highest BCUT2D eigenvalue weighted by molar-refractivity contribution is 5.73. The van der Waals surface area contributed by atoms with Gasteiger partial charge in [-0.15, -0.1) is 0 Å². The maximum absolute atomic E-state index is 10.5. The van der Waals surface area contributed by atoms with Crippen LogP contribution in [0.2, 0.25) is 0 Å². The molecule has 0 unspecified atom stereocenters. The highest BCUT2D eigenvalue weighted by Gasteiger charge is 2.29. The molecule has 2 aromatic heterocycles. The Morgan fingerprint density at radius 3 is 2.79 bits per heavy atom. The van der Waals surface area contributed by atoms with Gasteiger partial charge in [-0.2, -0.15) is 5.10 Å². The zero-order valence-electron chi connectivity index (χ0n) is 14.7. The number of hydrogen-bond acceptors (Lipinski definition) is 3. The zero-order chi connectivity index (χ0) is 17.2. The second-order valence-corrected chi connectivity index (χ2v) is 7.74. The van der Waals surface area contributed by atoms with Gasteiger partial charge < -0.3 is 5.32 Å². The molecule has 0 atom stereocenters. The lowest BCUT2D eigenvalue weighted by Crippen LogP contribution is -2.21. The van der Waals surface area contributed by atoms with E-state index in [1.165, 1.54) is 24.1 Å². The Bertz CT molecular complexity index is 716. The Balaban J connectivity index is 0.000000370. The first-order valence-corrected chi connectivity index (χ1v) is 8.71. The van der Waals surface area contributed by atoms with E-state index in [0.29, 0.717) is 17.6 Å². The third-order valence-corrected chi connectivity index (χ3v) is 4.77. The Morgan fingerprint density at radius 1 is 1.38 bits per heavy atom. The van der Waals surface area contributed by atoms with Crippen molar-refractivity contribution in [3.05, 3.63) is 29.6 Å². The fourth-order valence-electron chi connectivity index (χ4n) is 2.97. The van der Waals surface area contributed by atoms with Crippen molar-refractivity contribution < 1.29 is 4.79 Å². The smallest absolute Gasteiger partial charge is 0.212 e. The summed E-state index contributed by atoms with van der Waals surface area (Å²) in [5, 5.41) is 10.2. The molecule has 0 aromatic carbocycles. The van der Waals surface area contributed by atoms with Crippen LogP contribution in [0.3, 0.4) is 0 Å². The highest BCUT2D eigenvalue weighted by Crippen LogP contribution is 2.37. The summed E-state index contributed by atoms with van der Waals surface area (Å²) in [6.45, 7) is 6.85. The molecule has 4 rings (SSSR count). The number of rotatable bonds is 3. The number of amides is 1. The van der Waals surface area contributed by atoms with E-state index in [0.717, 1.165) is 36.4 Å². The minimum atomic E-state index is 0.333. The van der Waals surface area contributed by atoms with E-state index >= 15 is 0 Å². The van der Waals surface area contributed by atoms with Gasteiger partial charge in [-0.05, 0) is 42.7 Å². The van der Waals surface area contributed by atoms with Crippen LogP contribution in [0.4, 0.5) is 5.82 Å². The number of nitrogens with zero attached hydrogens (tertiary/aromatic N) is 2. The summed E-state index contributed by atoms with van der Waals surface area (Å²) in [7, 11) is 0. The van der Waals surface area contributed by atoms with E-state index in [2.05, 4.69) is 41.3 Å². The number of H-pyrrole nitrogens is 1. The Kier molecular flexibility index (Phi) is 4.69. The molecule has 1 saturated carbocycles. The molecule has 24 heavy (non-hydrogen) atoms. The van der Waals surface area contributed by atoms with E-state index in [4.69, 9.17) is 0 Å². The number of pyridine rings is 1. The molecule has 2 aliphatic rings.